The molecule has 0 N–H and O–H groups in total. The average molecular weight is 255 g/mol. The molecular formula is C15H15N2S+. The third kappa shape index (κ3) is 1.71. The van der Waals surface area contributed by atoms with Gasteiger partial charge in [0.1, 0.15) is 10.4 Å². The molecule has 90 valence electrons. The molecule has 0 atom stereocenters. The molecule has 2 heterocycles. The number of aromatic nitrogens is 2. The summed E-state index contributed by atoms with van der Waals surface area (Å²) in [6, 6.07) is 12.8. The summed E-state index contributed by atoms with van der Waals surface area (Å²) in [7, 11) is 2.09. The average Bonchev–Trinajstić information content (AvgIpc) is 2.73. The van der Waals surface area contributed by atoms with Gasteiger partial charge < -0.3 is 0 Å². The van der Waals surface area contributed by atoms with Crippen LogP contribution in [0, 0.1) is 13.8 Å². The first-order valence-corrected chi connectivity index (χ1v) is 6.80. The second kappa shape index (κ2) is 4.18. The quantitative estimate of drug-likeness (QED) is 0.609. The minimum absolute atomic E-state index is 1.07. The molecule has 2 aromatic heterocycles. The molecule has 0 bridgehead atoms. The van der Waals surface area contributed by atoms with Gasteiger partial charge in [-0.25, -0.2) is 4.57 Å². The second-order valence-corrected chi connectivity index (χ2v) is 5.75. The smallest absolute Gasteiger partial charge is 0.225 e. The molecule has 0 fully saturated rings. The van der Waals surface area contributed by atoms with Crippen LogP contribution in [-0.4, -0.2) is 4.98 Å². The van der Waals surface area contributed by atoms with Crippen molar-refractivity contribution in [3.8, 4) is 11.3 Å². The summed E-state index contributed by atoms with van der Waals surface area (Å²) < 4.78 is 3.42. The summed E-state index contributed by atoms with van der Waals surface area (Å²) >= 11 is 1.74. The third-order valence-electron chi connectivity index (χ3n) is 3.23. The standard InChI is InChI=1S/C15H15N2S/c1-10-6-4-5-7-12(10)13-8-9-14-15(17(13)3)16-11(2)18-14/h4-9H,1-3H3/q+1. The number of pyridine rings is 1. The number of hydrogen-bond acceptors (Lipinski definition) is 2. The lowest BCUT2D eigenvalue weighted by Gasteiger charge is -2.06. The molecule has 3 aromatic rings. The molecule has 1 aromatic carbocycles. The minimum Gasteiger partial charge on any atom is -0.225 e. The van der Waals surface area contributed by atoms with Crippen LogP contribution in [0.25, 0.3) is 21.6 Å². The van der Waals surface area contributed by atoms with Crippen LogP contribution in [0.3, 0.4) is 0 Å². The van der Waals surface area contributed by atoms with Crippen LogP contribution >= 0.6 is 11.3 Å². The van der Waals surface area contributed by atoms with Crippen LogP contribution in [0.1, 0.15) is 10.6 Å². The number of aryl methyl sites for hydroxylation is 3. The molecule has 0 radical (unpaired) electrons. The molecule has 0 aliphatic heterocycles. The second-order valence-electron chi connectivity index (χ2n) is 4.51. The zero-order chi connectivity index (χ0) is 12.7. The van der Waals surface area contributed by atoms with E-state index in [1.54, 1.807) is 11.3 Å². The molecule has 0 aliphatic carbocycles. The van der Waals surface area contributed by atoms with Crippen molar-refractivity contribution in [2.75, 3.05) is 0 Å². The highest BCUT2D eigenvalue weighted by Crippen LogP contribution is 2.24. The molecule has 0 saturated carbocycles. The fourth-order valence-corrected chi connectivity index (χ4v) is 3.15. The molecule has 18 heavy (non-hydrogen) atoms. The normalized spacial score (nSPS) is 11.1. The van der Waals surface area contributed by atoms with E-state index in [1.807, 2.05) is 0 Å². The number of fused-ring (bicyclic) bond motifs is 1. The monoisotopic (exact) mass is 255 g/mol. The zero-order valence-electron chi connectivity index (χ0n) is 10.8. The van der Waals surface area contributed by atoms with Crippen LogP contribution < -0.4 is 4.57 Å². The summed E-state index contributed by atoms with van der Waals surface area (Å²) in [5.74, 6) is 0. The predicted octanol–water partition coefficient (Wildman–Crippen LogP) is 3.40. The van der Waals surface area contributed by atoms with Gasteiger partial charge in [0.25, 0.3) is 0 Å². The van der Waals surface area contributed by atoms with E-state index >= 15 is 0 Å². The first kappa shape index (κ1) is 11.4. The maximum atomic E-state index is 4.61. The predicted molar refractivity (Wildman–Crippen MR) is 75.7 cm³/mol. The Morgan fingerprint density at radius 1 is 1.06 bits per heavy atom. The molecule has 3 rings (SSSR count). The first-order chi connectivity index (χ1) is 8.66. The Balaban J connectivity index is 2.30. The van der Waals surface area contributed by atoms with Gasteiger partial charge in [-0.2, -0.15) is 0 Å². The summed E-state index contributed by atoms with van der Waals surface area (Å²) in [5.41, 5.74) is 4.84. The summed E-state index contributed by atoms with van der Waals surface area (Å²) in [6.07, 6.45) is 0. The van der Waals surface area contributed by atoms with E-state index in [0.717, 1.165) is 10.7 Å². The molecule has 0 spiro atoms. The summed E-state index contributed by atoms with van der Waals surface area (Å²) in [6.45, 7) is 4.20. The van der Waals surface area contributed by atoms with Crippen molar-refractivity contribution in [2.24, 2.45) is 7.05 Å². The van der Waals surface area contributed by atoms with Gasteiger partial charge >= 0.3 is 5.65 Å². The maximum Gasteiger partial charge on any atom is 0.341 e. The molecule has 0 amide bonds. The number of benzene rings is 1. The van der Waals surface area contributed by atoms with Gasteiger partial charge in [0.05, 0.1) is 7.05 Å². The summed E-state index contributed by atoms with van der Waals surface area (Å²) in [4.78, 5) is 4.61. The minimum atomic E-state index is 1.07. The van der Waals surface area contributed by atoms with Crippen molar-refractivity contribution in [3.05, 3.63) is 47.0 Å². The van der Waals surface area contributed by atoms with Gasteiger partial charge in [0, 0.05) is 12.5 Å². The Labute approximate surface area is 111 Å². The number of hydrogen-bond donors (Lipinski definition) is 0. The Morgan fingerprint density at radius 2 is 1.83 bits per heavy atom. The molecule has 2 nitrogen and oxygen atoms in total. The maximum absolute atomic E-state index is 4.61. The van der Waals surface area contributed by atoms with E-state index in [9.17, 15) is 0 Å². The van der Waals surface area contributed by atoms with E-state index in [0.29, 0.717) is 0 Å². The Hall–Kier alpha value is -1.74. The highest BCUT2D eigenvalue weighted by Gasteiger charge is 2.17. The van der Waals surface area contributed by atoms with Crippen molar-refractivity contribution in [1.29, 1.82) is 0 Å². The van der Waals surface area contributed by atoms with E-state index in [1.165, 1.54) is 21.5 Å². The molecule has 0 saturated heterocycles. The number of nitrogens with zero attached hydrogens (tertiary/aromatic N) is 2. The molecule has 3 heteroatoms. The molecule has 0 unspecified atom stereocenters. The zero-order valence-corrected chi connectivity index (χ0v) is 11.6. The van der Waals surface area contributed by atoms with Gasteiger partial charge in [0.15, 0.2) is 0 Å². The highest BCUT2D eigenvalue weighted by atomic mass is 32.1. The fraction of sp³-hybridized carbons (Fsp3) is 0.200. The van der Waals surface area contributed by atoms with E-state index in [-0.39, 0.29) is 0 Å². The van der Waals surface area contributed by atoms with Crippen molar-refractivity contribution in [3.63, 3.8) is 0 Å². The summed E-state index contributed by atoms with van der Waals surface area (Å²) in [5, 5.41) is 1.11. The van der Waals surface area contributed by atoms with Gasteiger partial charge in [-0.05, 0) is 29.6 Å². The van der Waals surface area contributed by atoms with Crippen molar-refractivity contribution < 1.29 is 4.57 Å². The first-order valence-electron chi connectivity index (χ1n) is 5.99. The van der Waals surface area contributed by atoms with Crippen molar-refractivity contribution in [2.45, 2.75) is 13.8 Å². The highest BCUT2D eigenvalue weighted by molar-refractivity contribution is 7.18. The van der Waals surface area contributed by atoms with Crippen LogP contribution in [0.15, 0.2) is 36.4 Å². The lowest BCUT2D eigenvalue weighted by Crippen LogP contribution is -2.32. The van der Waals surface area contributed by atoms with Crippen molar-refractivity contribution >= 4 is 21.7 Å². The lowest BCUT2D eigenvalue weighted by molar-refractivity contribution is -0.635. The van der Waals surface area contributed by atoms with Crippen LogP contribution in [0.2, 0.25) is 0 Å². The molecule has 0 aliphatic rings. The van der Waals surface area contributed by atoms with Crippen LogP contribution in [-0.2, 0) is 7.05 Å². The van der Waals surface area contributed by atoms with E-state index < -0.39 is 0 Å². The largest absolute Gasteiger partial charge is 0.341 e. The van der Waals surface area contributed by atoms with Gasteiger partial charge in [0.2, 0.25) is 5.01 Å². The number of rotatable bonds is 1. The van der Waals surface area contributed by atoms with Gasteiger partial charge in [-0.3, -0.25) is 0 Å². The van der Waals surface area contributed by atoms with Gasteiger partial charge in [-0.1, -0.05) is 35.6 Å². The Bertz CT molecular complexity index is 728. The SMILES string of the molecule is Cc1nc2c(ccc(-c3ccccc3C)[n+]2C)s1. The van der Waals surface area contributed by atoms with Crippen LogP contribution in [0.4, 0.5) is 0 Å². The molecular weight excluding hydrogens is 240 g/mol. The van der Waals surface area contributed by atoms with E-state index in [4.69, 9.17) is 0 Å². The Morgan fingerprint density at radius 3 is 2.61 bits per heavy atom. The third-order valence-corrected chi connectivity index (χ3v) is 4.16. The fourth-order valence-electron chi connectivity index (χ4n) is 2.29. The van der Waals surface area contributed by atoms with Crippen LogP contribution in [0.5, 0.6) is 0 Å². The topological polar surface area (TPSA) is 16.8 Å². The van der Waals surface area contributed by atoms with Gasteiger partial charge in [-0.15, -0.1) is 0 Å². The number of thiazole rings is 1. The Kier molecular flexibility index (Phi) is 2.63. The van der Waals surface area contributed by atoms with Crippen molar-refractivity contribution in [1.82, 2.24) is 4.98 Å². The van der Waals surface area contributed by atoms with E-state index in [2.05, 4.69) is 66.8 Å². The lowest BCUT2D eigenvalue weighted by atomic mass is 10.1.